The van der Waals surface area contributed by atoms with Crippen LogP contribution in [0.1, 0.15) is 32.1 Å². The Morgan fingerprint density at radius 3 is 3.00 bits per heavy atom. The van der Waals surface area contributed by atoms with Crippen molar-refractivity contribution in [3.8, 4) is 0 Å². The maximum absolute atomic E-state index is 5.76. The quantitative estimate of drug-likeness (QED) is 0.532. The molecule has 0 spiro atoms. The minimum absolute atomic E-state index is 0.498. The van der Waals surface area contributed by atoms with Gasteiger partial charge in [-0.2, -0.15) is 0 Å². The lowest BCUT2D eigenvalue weighted by Crippen LogP contribution is -2.20. The van der Waals surface area contributed by atoms with Gasteiger partial charge in [0.05, 0.1) is 12.7 Å². The zero-order valence-corrected chi connectivity index (χ0v) is 8.59. The highest BCUT2D eigenvalue weighted by atomic mass is 16.5. The molecule has 2 heteroatoms. The van der Waals surface area contributed by atoms with Crippen LogP contribution >= 0.6 is 0 Å². The first-order valence-electron chi connectivity index (χ1n) is 5.34. The largest absolute Gasteiger partial charge is 0.377 e. The first kappa shape index (κ1) is 10.7. The maximum Gasteiger partial charge on any atom is 0.0594 e. The molecule has 0 aromatic rings. The average molecular weight is 183 g/mol. The highest BCUT2D eigenvalue weighted by molar-refractivity contribution is 4.85. The molecule has 1 aliphatic rings. The van der Waals surface area contributed by atoms with E-state index in [-0.39, 0.29) is 0 Å². The van der Waals surface area contributed by atoms with Crippen LogP contribution in [0.25, 0.3) is 0 Å². The summed E-state index contributed by atoms with van der Waals surface area (Å²) >= 11 is 0. The molecule has 0 saturated heterocycles. The lowest BCUT2D eigenvalue weighted by atomic mass is 10.0. The molecule has 0 fully saturated rings. The predicted molar refractivity (Wildman–Crippen MR) is 55.9 cm³/mol. The first-order valence-corrected chi connectivity index (χ1v) is 5.34. The Bertz CT molecular complexity index is 145. The summed E-state index contributed by atoms with van der Waals surface area (Å²) in [5.74, 6) is 0. The van der Waals surface area contributed by atoms with Crippen molar-refractivity contribution in [2.45, 2.75) is 38.2 Å². The Hall–Kier alpha value is -0.340. The van der Waals surface area contributed by atoms with Gasteiger partial charge in [0.25, 0.3) is 0 Å². The third-order valence-electron chi connectivity index (χ3n) is 2.42. The Morgan fingerprint density at radius 2 is 2.15 bits per heavy atom. The van der Waals surface area contributed by atoms with Crippen LogP contribution in [-0.2, 0) is 4.74 Å². The molecule has 0 radical (unpaired) electrons. The molecule has 13 heavy (non-hydrogen) atoms. The molecular weight excluding hydrogens is 162 g/mol. The van der Waals surface area contributed by atoms with E-state index >= 15 is 0 Å². The van der Waals surface area contributed by atoms with Gasteiger partial charge < -0.3 is 10.1 Å². The standard InChI is InChI=1S/C11H21NO/c1-12-9-10-13-11-7-5-3-2-4-6-8-11/h2-3,11-12H,4-10H2,1H3. The van der Waals surface area contributed by atoms with Crippen molar-refractivity contribution >= 4 is 0 Å². The summed E-state index contributed by atoms with van der Waals surface area (Å²) in [6.07, 6.45) is 11.2. The zero-order valence-electron chi connectivity index (χ0n) is 8.59. The summed E-state index contributed by atoms with van der Waals surface area (Å²) in [7, 11) is 1.96. The van der Waals surface area contributed by atoms with Crippen molar-refractivity contribution < 1.29 is 4.74 Å². The second-order valence-electron chi connectivity index (χ2n) is 3.58. The van der Waals surface area contributed by atoms with E-state index in [0.29, 0.717) is 6.10 Å². The fourth-order valence-corrected chi connectivity index (χ4v) is 1.62. The van der Waals surface area contributed by atoms with Crippen LogP contribution in [0.2, 0.25) is 0 Å². The highest BCUT2D eigenvalue weighted by Gasteiger charge is 2.08. The number of nitrogens with one attached hydrogen (secondary N) is 1. The molecule has 0 aliphatic heterocycles. The van der Waals surface area contributed by atoms with Gasteiger partial charge in [0, 0.05) is 6.54 Å². The van der Waals surface area contributed by atoms with Gasteiger partial charge in [-0.3, -0.25) is 0 Å². The summed E-state index contributed by atoms with van der Waals surface area (Å²) < 4.78 is 5.76. The lowest BCUT2D eigenvalue weighted by Gasteiger charge is -2.18. The van der Waals surface area contributed by atoms with Crippen LogP contribution in [0.15, 0.2) is 12.2 Å². The van der Waals surface area contributed by atoms with Crippen molar-refractivity contribution in [2.75, 3.05) is 20.2 Å². The van der Waals surface area contributed by atoms with Crippen molar-refractivity contribution in [3.63, 3.8) is 0 Å². The third kappa shape index (κ3) is 5.06. The van der Waals surface area contributed by atoms with Gasteiger partial charge in [-0.15, -0.1) is 0 Å². The van der Waals surface area contributed by atoms with Gasteiger partial charge in [-0.05, 0) is 39.2 Å². The van der Waals surface area contributed by atoms with Crippen LogP contribution in [0.4, 0.5) is 0 Å². The monoisotopic (exact) mass is 183 g/mol. The van der Waals surface area contributed by atoms with E-state index in [1.54, 1.807) is 0 Å². The fourth-order valence-electron chi connectivity index (χ4n) is 1.62. The molecule has 0 amide bonds. The van der Waals surface area contributed by atoms with Crippen molar-refractivity contribution in [2.24, 2.45) is 0 Å². The molecule has 1 aliphatic carbocycles. The molecular formula is C11H21NO. The molecule has 0 aromatic carbocycles. The van der Waals surface area contributed by atoms with Gasteiger partial charge >= 0.3 is 0 Å². The maximum atomic E-state index is 5.76. The molecule has 0 bridgehead atoms. The summed E-state index contributed by atoms with van der Waals surface area (Å²) in [4.78, 5) is 0. The fraction of sp³-hybridized carbons (Fsp3) is 0.818. The van der Waals surface area contributed by atoms with E-state index in [9.17, 15) is 0 Å². The molecule has 0 heterocycles. The summed E-state index contributed by atoms with van der Waals surface area (Å²) in [5, 5.41) is 3.10. The van der Waals surface area contributed by atoms with Crippen LogP contribution in [0.5, 0.6) is 0 Å². The van der Waals surface area contributed by atoms with E-state index in [4.69, 9.17) is 4.74 Å². The number of hydrogen-bond donors (Lipinski definition) is 1. The first-order chi connectivity index (χ1) is 6.43. The number of hydrogen-bond acceptors (Lipinski definition) is 2. The van der Waals surface area contributed by atoms with E-state index in [2.05, 4.69) is 17.5 Å². The second kappa shape index (κ2) is 7.10. The molecule has 0 aromatic heterocycles. The van der Waals surface area contributed by atoms with Crippen molar-refractivity contribution in [1.29, 1.82) is 0 Å². The highest BCUT2D eigenvalue weighted by Crippen LogP contribution is 2.14. The molecule has 2 nitrogen and oxygen atoms in total. The van der Waals surface area contributed by atoms with E-state index in [1.807, 2.05) is 7.05 Å². The number of likely N-dealkylation sites (N-methyl/N-ethyl adjacent to an activating group) is 1. The molecule has 1 atom stereocenters. The average Bonchev–Trinajstić information content (AvgIpc) is 2.08. The Kier molecular flexibility index (Phi) is 5.87. The molecule has 1 N–H and O–H groups in total. The van der Waals surface area contributed by atoms with Gasteiger partial charge in [0.2, 0.25) is 0 Å². The number of rotatable bonds is 4. The topological polar surface area (TPSA) is 21.3 Å². The Labute approximate surface area is 81.4 Å². The van der Waals surface area contributed by atoms with Gasteiger partial charge in [0.15, 0.2) is 0 Å². The lowest BCUT2D eigenvalue weighted by molar-refractivity contribution is 0.0431. The van der Waals surface area contributed by atoms with Crippen LogP contribution < -0.4 is 5.32 Å². The third-order valence-corrected chi connectivity index (χ3v) is 2.42. The predicted octanol–water partition coefficient (Wildman–Crippen LogP) is 2.11. The van der Waals surface area contributed by atoms with E-state index < -0.39 is 0 Å². The van der Waals surface area contributed by atoms with Crippen LogP contribution in [0, 0.1) is 0 Å². The van der Waals surface area contributed by atoms with E-state index in [1.165, 1.54) is 32.1 Å². The van der Waals surface area contributed by atoms with Crippen LogP contribution in [-0.4, -0.2) is 26.3 Å². The minimum Gasteiger partial charge on any atom is -0.377 e. The normalized spacial score (nSPS) is 23.9. The second-order valence-corrected chi connectivity index (χ2v) is 3.58. The minimum atomic E-state index is 0.498. The molecule has 1 unspecified atom stereocenters. The van der Waals surface area contributed by atoms with Gasteiger partial charge in [-0.1, -0.05) is 12.2 Å². The summed E-state index contributed by atoms with van der Waals surface area (Å²) in [6, 6.07) is 0. The summed E-state index contributed by atoms with van der Waals surface area (Å²) in [5.41, 5.74) is 0. The van der Waals surface area contributed by atoms with Crippen molar-refractivity contribution in [3.05, 3.63) is 12.2 Å². The zero-order chi connectivity index (χ0) is 9.36. The van der Waals surface area contributed by atoms with Crippen LogP contribution in [0.3, 0.4) is 0 Å². The van der Waals surface area contributed by atoms with Crippen molar-refractivity contribution in [1.82, 2.24) is 5.32 Å². The van der Waals surface area contributed by atoms with E-state index in [0.717, 1.165) is 13.2 Å². The number of ether oxygens (including phenoxy) is 1. The SMILES string of the molecule is CNCCOC1CCC=CCCC1. The summed E-state index contributed by atoms with van der Waals surface area (Å²) in [6.45, 7) is 1.82. The molecule has 0 saturated carbocycles. The molecule has 76 valence electrons. The Morgan fingerprint density at radius 1 is 1.31 bits per heavy atom. The molecule has 1 rings (SSSR count). The van der Waals surface area contributed by atoms with Gasteiger partial charge in [0.1, 0.15) is 0 Å². The van der Waals surface area contributed by atoms with Gasteiger partial charge in [-0.25, -0.2) is 0 Å². The Balaban J connectivity index is 2.12. The smallest absolute Gasteiger partial charge is 0.0594 e. The number of allylic oxidation sites excluding steroid dienone is 2.